The predicted molar refractivity (Wildman–Crippen MR) is 252 cm³/mol. The lowest BCUT2D eigenvalue weighted by Gasteiger charge is -2.39. The molecule has 1 aliphatic heterocycles. The first-order valence-corrected chi connectivity index (χ1v) is 26.3. The monoisotopic (exact) mass is 883 g/mol. The summed E-state index contributed by atoms with van der Waals surface area (Å²) in [5, 5.41) is 40.2. The van der Waals surface area contributed by atoms with E-state index in [1.807, 2.05) is 0 Å². The zero-order chi connectivity index (χ0) is 45.1. The molecule has 0 aliphatic carbocycles. The molecule has 0 spiro atoms. The van der Waals surface area contributed by atoms with Gasteiger partial charge in [0.2, 0.25) is 0 Å². The second kappa shape index (κ2) is 43.3. The second-order valence-electron chi connectivity index (χ2n) is 18.3. The number of carbonyl (C=O) groups is 2. The molecule has 366 valence electrons. The van der Waals surface area contributed by atoms with Crippen LogP contribution in [0.25, 0.3) is 0 Å². The average molecular weight is 883 g/mol. The Kier molecular flexibility index (Phi) is 40.9. The maximum Gasteiger partial charge on any atom is 0.306 e. The highest BCUT2D eigenvalue weighted by molar-refractivity contribution is 5.70. The van der Waals surface area contributed by atoms with E-state index in [1.54, 1.807) is 0 Å². The average Bonchev–Trinajstić information content (AvgIpc) is 3.27. The summed E-state index contributed by atoms with van der Waals surface area (Å²) >= 11 is 0. The van der Waals surface area contributed by atoms with Crippen LogP contribution >= 0.6 is 0 Å². The van der Waals surface area contributed by atoms with E-state index in [2.05, 4.69) is 26.0 Å². The summed E-state index contributed by atoms with van der Waals surface area (Å²) in [6, 6.07) is 0. The van der Waals surface area contributed by atoms with Crippen LogP contribution in [0.2, 0.25) is 0 Å². The Hall–Kier alpha value is -1.56. The van der Waals surface area contributed by atoms with Gasteiger partial charge in [-0.3, -0.25) is 9.59 Å². The molecule has 0 bridgehead atoms. The van der Waals surface area contributed by atoms with Gasteiger partial charge in [0.1, 0.15) is 31.0 Å². The van der Waals surface area contributed by atoms with Crippen molar-refractivity contribution in [2.24, 2.45) is 0 Å². The number of rotatable bonds is 45. The Morgan fingerprint density at radius 1 is 0.484 bits per heavy atom. The first kappa shape index (κ1) is 58.5. The van der Waals surface area contributed by atoms with Gasteiger partial charge in [0.05, 0.1) is 13.2 Å². The van der Waals surface area contributed by atoms with Crippen molar-refractivity contribution in [2.45, 2.75) is 288 Å². The van der Waals surface area contributed by atoms with Crippen LogP contribution in [-0.2, 0) is 28.5 Å². The fraction of sp³-hybridized carbons (Fsp3) is 0.923. The highest BCUT2D eigenvalue weighted by Crippen LogP contribution is 2.23. The van der Waals surface area contributed by atoms with Gasteiger partial charge in [-0.2, -0.15) is 0 Å². The third-order valence-electron chi connectivity index (χ3n) is 12.4. The predicted octanol–water partition coefficient (Wildman–Crippen LogP) is 12.3. The Balaban J connectivity index is 2.21. The van der Waals surface area contributed by atoms with Crippen LogP contribution in [0.1, 0.15) is 251 Å². The Bertz CT molecular complexity index is 1020. The SMILES string of the molecule is CCCCCCC/C=C/CCCCCCCC(=O)OC[C@H](CO[C@@H]1O[C@H](CO)[C@H](O)C(O)C1O)OC(=O)CCCCCCCCCCCCCCCCCCCCCCCCC. The number of carbonyl (C=O) groups excluding carboxylic acids is 2. The van der Waals surface area contributed by atoms with Gasteiger partial charge in [0, 0.05) is 12.8 Å². The lowest BCUT2D eigenvalue weighted by molar-refractivity contribution is -0.305. The number of hydrogen-bond acceptors (Lipinski definition) is 10. The minimum Gasteiger partial charge on any atom is -0.462 e. The summed E-state index contributed by atoms with van der Waals surface area (Å²) in [7, 11) is 0. The first-order valence-electron chi connectivity index (χ1n) is 26.3. The summed E-state index contributed by atoms with van der Waals surface area (Å²) in [6.07, 6.45) is 40.8. The molecule has 4 N–H and O–H groups in total. The van der Waals surface area contributed by atoms with E-state index >= 15 is 0 Å². The van der Waals surface area contributed by atoms with Crippen molar-refractivity contribution >= 4 is 11.9 Å². The number of esters is 2. The van der Waals surface area contributed by atoms with Crippen molar-refractivity contribution in [3.05, 3.63) is 12.2 Å². The smallest absolute Gasteiger partial charge is 0.306 e. The van der Waals surface area contributed by atoms with E-state index in [-0.39, 0.29) is 32.0 Å². The van der Waals surface area contributed by atoms with Crippen LogP contribution in [0.4, 0.5) is 0 Å². The Labute approximate surface area is 380 Å². The van der Waals surface area contributed by atoms with Crippen LogP contribution < -0.4 is 0 Å². The molecule has 10 heteroatoms. The second-order valence-corrected chi connectivity index (χ2v) is 18.3. The number of hydrogen-bond donors (Lipinski definition) is 4. The molecule has 1 fully saturated rings. The van der Waals surface area contributed by atoms with E-state index < -0.39 is 49.4 Å². The largest absolute Gasteiger partial charge is 0.462 e. The summed E-state index contributed by atoms with van der Waals surface area (Å²) in [4.78, 5) is 25.4. The molecular weight excluding hydrogens is 785 g/mol. The van der Waals surface area contributed by atoms with Crippen LogP contribution in [0.5, 0.6) is 0 Å². The zero-order valence-electron chi connectivity index (χ0n) is 40.1. The molecule has 1 rings (SSSR count). The Morgan fingerprint density at radius 3 is 1.26 bits per heavy atom. The molecule has 1 heterocycles. The summed E-state index contributed by atoms with van der Waals surface area (Å²) < 4.78 is 22.2. The minimum absolute atomic E-state index is 0.216. The summed E-state index contributed by atoms with van der Waals surface area (Å²) in [5.41, 5.74) is 0. The first-order chi connectivity index (χ1) is 30.3. The minimum atomic E-state index is -1.59. The summed E-state index contributed by atoms with van der Waals surface area (Å²) in [5.74, 6) is -0.802. The van der Waals surface area contributed by atoms with Crippen molar-refractivity contribution in [3.63, 3.8) is 0 Å². The van der Waals surface area contributed by atoms with E-state index in [4.69, 9.17) is 18.9 Å². The van der Waals surface area contributed by atoms with Crippen LogP contribution in [0.15, 0.2) is 12.2 Å². The molecule has 6 atom stereocenters. The van der Waals surface area contributed by atoms with Gasteiger partial charge >= 0.3 is 11.9 Å². The molecule has 10 nitrogen and oxygen atoms in total. The normalized spacial score (nSPS) is 19.6. The van der Waals surface area contributed by atoms with Crippen molar-refractivity contribution in [3.8, 4) is 0 Å². The van der Waals surface area contributed by atoms with E-state index in [0.717, 1.165) is 57.8 Å². The van der Waals surface area contributed by atoms with Gasteiger partial charge in [0.15, 0.2) is 12.4 Å². The quantitative estimate of drug-likeness (QED) is 0.0264. The van der Waals surface area contributed by atoms with Crippen LogP contribution in [0.3, 0.4) is 0 Å². The maximum absolute atomic E-state index is 12.8. The third kappa shape index (κ3) is 33.9. The number of aliphatic hydroxyl groups is 4. The molecule has 0 saturated carbocycles. The maximum atomic E-state index is 12.8. The summed E-state index contributed by atoms with van der Waals surface area (Å²) in [6.45, 7) is 3.45. The topological polar surface area (TPSA) is 152 Å². The lowest BCUT2D eigenvalue weighted by Crippen LogP contribution is -2.59. The Morgan fingerprint density at radius 2 is 0.855 bits per heavy atom. The molecule has 0 radical (unpaired) electrons. The van der Waals surface area contributed by atoms with Crippen molar-refractivity contribution in [1.29, 1.82) is 0 Å². The molecule has 0 aromatic rings. The van der Waals surface area contributed by atoms with Gasteiger partial charge in [-0.15, -0.1) is 0 Å². The fourth-order valence-electron chi connectivity index (χ4n) is 8.24. The number of unbranched alkanes of at least 4 members (excludes halogenated alkanes) is 32. The standard InChI is InChI=1S/C52H98O10/c1-3-5-7-9-11-13-15-17-19-20-21-22-23-24-25-26-27-29-31-33-35-37-39-41-48(55)61-45(44-60-52-51(58)50(57)49(56)46(42-53)62-52)43-59-47(54)40-38-36-34-32-30-28-18-16-14-12-10-8-6-4-2/h16,18,45-46,49-53,56-58H,3-15,17,19-44H2,1-2H3/b18-16+/t45-,46-,49+,50?,51?,52-/m1/s1. The van der Waals surface area contributed by atoms with Crippen LogP contribution in [0, 0.1) is 0 Å². The van der Waals surface area contributed by atoms with E-state index in [0.29, 0.717) is 6.42 Å². The highest BCUT2D eigenvalue weighted by atomic mass is 16.7. The number of ether oxygens (including phenoxy) is 4. The molecule has 2 unspecified atom stereocenters. The van der Waals surface area contributed by atoms with Gasteiger partial charge < -0.3 is 39.4 Å². The lowest BCUT2D eigenvalue weighted by atomic mass is 9.99. The number of allylic oxidation sites excluding steroid dienone is 2. The van der Waals surface area contributed by atoms with E-state index in [9.17, 15) is 30.0 Å². The molecule has 0 aromatic heterocycles. The van der Waals surface area contributed by atoms with Gasteiger partial charge in [-0.25, -0.2) is 0 Å². The molecule has 1 saturated heterocycles. The highest BCUT2D eigenvalue weighted by Gasteiger charge is 2.44. The third-order valence-corrected chi connectivity index (χ3v) is 12.4. The molecule has 1 aliphatic rings. The van der Waals surface area contributed by atoms with Gasteiger partial charge in [0.25, 0.3) is 0 Å². The van der Waals surface area contributed by atoms with Crippen molar-refractivity contribution in [2.75, 3.05) is 19.8 Å². The van der Waals surface area contributed by atoms with Gasteiger partial charge in [-0.05, 0) is 38.5 Å². The fourth-order valence-corrected chi connectivity index (χ4v) is 8.24. The van der Waals surface area contributed by atoms with Crippen molar-refractivity contribution < 1.29 is 49.0 Å². The van der Waals surface area contributed by atoms with E-state index in [1.165, 1.54) is 161 Å². The van der Waals surface area contributed by atoms with Crippen LogP contribution in [-0.4, -0.2) is 89.0 Å². The molecule has 62 heavy (non-hydrogen) atoms. The molecule has 0 aromatic carbocycles. The molecular formula is C52H98O10. The van der Waals surface area contributed by atoms with Crippen molar-refractivity contribution in [1.82, 2.24) is 0 Å². The van der Waals surface area contributed by atoms with Gasteiger partial charge in [-0.1, -0.05) is 212 Å². The zero-order valence-corrected chi connectivity index (χ0v) is 40.1. The molecule has 0 amide bonds. The number of aliphatic hydroxyl groups excluding tert-OH is 4.